The highest BCUT2D eigenvalue weighted by Crippen LogP contribution is 2.26. The summed E-state index contributed by atoms with van der Waals surface area (Å²) < 4.78 is 5.33. The maximum Gasteiger partial charge on any atom is 0.414 e. The first-order chi connectivity index (χ1) is 11.1. The zero-order valence-corrected chi connectivity index (χ0v) is 13.7. The minimum absolute atomic E-state index is 0.378. The third kappa shape index (κ3) is 3.70. The van der Waals surface area contributed by atoms with E-state index in [2.05, 4.69) is 12.1 Å². The van der Waals surface area contributed by atoms with Crippen molar-refractivity contribution in [2.24, 2.45) is 0 Å². The normalized spacial score (nSPS) is 13.8. The number of carbonyl (C=O) groups is 1. The van der Waals surface area contributed by atoms with Gasteiger partial charge in [-0.15, -0.1) is 0 Å². The molecule has 1 aromatic heterocycles. The summed E-state index contributed by atoms with van der Waals surface area (Å²) in [5, 5.41) is 0. The second kappa shape index (κ2) is 6.82. The smallest absolute Gasteiger partial charge is 0.410 e. The van der Waals surface area contributed by atoms with Gasteiger partial charge < -0.3 is 9.64 Å². The van der Waals surface area contributed by atoms with E-state index in [9.17, 15) is 4.79 Å². The van der Waals surface area contributed by atoms with Gasteiger partial charge in [0.2, 0.25) is 0 Å². The number of hydrogen-bond acceptors (Lipinski definition) is 3. The van der Waals surface area contributed by atoms with Crippen LogP contribution in [-0.2, 0) is 12.8 Å². The Hall–Kier alpha value is -2.36. The van der Waals surface area contributed by atoms with E-state index < -0.39 is 0 Å². The van der Waals surface area contributed by atoms with Gasteiger partial charge in [0.15, 0.2) is 0 Å². The lowest BCUT2D eigenvalue weighted by Crippen LogP contribution is -2.25. The Bertz CT molecular complexity index is 710. The average molecular weight is 310 g/mol. The van der Waals surface area contributed by atoms with Crippen molar-refractivity contribution in [1.29, 1.82) is 0 Å². The number of benzene rings is 1. The Morgan fingerprint density at radius 3 is 2.74 bits per heavy atom. The fraction of sp³-hybridized carbons (Fsp3) is 0.368. The number of amides is 1. The van der Waals surface area contributed by atoms with E-state index in [1.165, 1.54) is 35.4 Å². The van der Waals surface area contributed by atoms with Crippen LogP contribution in [-0.4, -0.2) is 30.1 Å². The lowest BCUT2D eigenvalue weighted by atomic mass is 10.1. The van der Waals surface area contributed by atoms with Crippen LogP contribution in [0, 0.1) is 0 Å². The number of hydrogen-bond donors (Lipinski definition) is 0. The number of carbonyl (C=O) groups excluding carboxylic acids is 1. The molecule has 1 aliphatic rings. The molecule has 2 aromatic rings. The lowest BCUT2D eigenvalue weighted by Gasteiger charge is -2.12. The molecule has 0 spiro atoms. The number of ether oxygens (including phenoxy) is 1. The van der Waals surface area contributed by atoms with Crippen LogP contribution in [0.25, 0.3) is 11.3 Å². The van der Waals surface area contributed by atoms with E-state index in [1.807, 2.05) is 18.2 Å². The Labute approximate surface area is 137 Å². The van der Waals surface area contributed by atoms with Gasteiger partial charge in [0.25, 0.3) is 0 Å². The molecule has 0 saturated carbocycles. The Balaban J connectivity index is 1.87. The predicted molar refractivity (Wildman–Crippen MR) is 90.6 cm³/mol. The molecule has 4 nitrogen and oxygen atoms in total. The van der Waals surface area contributed by atoms with Crippen molar-refractivity contribution in [2.75, 3.05) is 14.1 Å². The molecule has 0 fully saturated rings. The first-order valence-electron chi connectivity index (χ1n) is 8.12. The lowest BCUT2D eigenvalue weighted by molar-refractivity contribution is 0.172. The van der Waals surface area contributed by atoms with Crippen molar-refractivity contribution in [1.82, 2.24) is 9.88 Å². The molecule has 0 radical (unpaired) electrons. The largest absolute Gasteiger partial charge is 0.414 e. The van der Waals surface area contributed by atoms with Gasteiger partial charge in [0, 0.05) is 25.4 Å². The molecule has 0 N–H and O–H groups in total. The number of rotatable bonds is 2. The monoisotopic (exact) mass is 310 g/mol. The van der Waals surface area contributed by atoms with E-state index in [0.717, 1.165) is 24.1 Å². The summed E-state index contributed by atoms with van der Waals surface area (Å²) in [7, 11) is 3.33. The maximum atomic E-state index is 11.7. The summed E-state index contributed by atoms with van der Waals surface area (Å²) in [5.74, 6) is 0.540. The van der Waals surface area contributed by atoms with Gasteiger partial charge in [0.1, 0.15) is 5.75 Å². The molecule has 23 heavy (non-hydrogen) atoms. The van der Waals surface area contributed by atoms with Crippen LogP contribution in [0.15, 0.2) is 36.4 Å². The zero-order valence-electron chi connectivity index (χ0n) is 13.7. The van der Waals surface area contributed by atoms with Gasteiger partial charge in [0.05, 0.1) is 5.69 Å². The average Bonchev–Trinajstić information content (AvgIpc) is 2.79. The summed E-state index contributed by atoms with van der Waals surface area (Å²) in [6, 6.07) is 11.8. The SMILES string of the molecule is CN(C)C(=O)Oc1cccc(-c2ccc3c(n2)CCCCC3)c1. The van der Waals surface area contributed by atoms with Crippen molar-refractivity contribution in [2.45, 2.75) is 32.1 Å². The van der Waals surface area contributed by atoms with E-state index >= 15 is 0 Å². The maximum absolute atomic E-state index is 11.7. The number of aryl methyl sites for hydroxylation is 2. The Morgan fingerprint density at radius 2 is 1.91 bits per heavy atom. The molecule has 0 bridgehead atoms. The molecule has 0 atom stereocenters. The standard InChI is InChI=1S/C19H22N2O2/c1-21(2)19(22)23-16-9-6-8-15(13-16)18-12-11-14-7-4-3-5-10-17(14)20-18/h6,8-9,11-13H,3-5,7,10H2,1-2H3. The molecule has 4 heteroatoms. The Kier molecular flexibility index (Phi) is 4.60. The van der Waals surface area contributed by atoms with E-state index in [4.69, 9.17) is 9.72 Å². The third-order valence-corrected chi connectivity index (χ3v) is 4.13. The Morgan fingerprint density at radius 1 is 1.09 bits per heavy atom. The summed E-state index contributed by atoms with van der Waals surface area (Å²) in [5.41, 5.74) is 4.51. The number of aromatic nitrogens is 1. The molecule has 1 aromatic carbocycles. The predicted octanol–water partition coefficient (Wildman–Crippen LogP) is 4.08. The number of fused-ring (bicyclic) bond motifs is 1. The topological polar surface area (TPSA) is 42.4 Å². The fourth-order valence-corrected chi connectivity index (χ4v) is 2.83. The van der Waals surface area contributed by atoms with Crippen LogP contribution < -0.4 is 4.74 Å². The summed E-state index contributed by atoms with van der Waals surface area (Å²) >= 11 is 0. The first-order valence-corrected chi connectivity index (χ1v) is 8.12. The summed E-state index contributed by atoms with van der Waals surface area (Å²) in [6.07, 6.45) is 5.55. The number of pyridine rings is 1. The van der Waals surface area contributed by atoms with Crippen LogP contribution in [0.5, 0.6) is 5.75 Å². The van der Waals surface area contributed by atoms with Gasteiger partial charge in [-0.05, 0) is 49.4 Å². The first kappa shape index (κ1) is 15.5. The highest BCUT2D eigenvalue weighted by Gasteiger charge is 2.12. The molecular formula is C19H22N2O2. The highest BCUT2D eigenvalue weighted by atomic mass is 16.6. The summed E-state index contributed by atoms with van der Waals surface area (Å²) in [4.78, 5) is 17.9. The van der Waals surface area contributed by atoms with Crippen molar-refractivity contribution < 1.29 is 9.53 Å². The molecule has 0 saturated heterocycles. The minimum Gasteiger partial charge on any atom is -0.410 e. The summed E-state index contributed by atoms with van der Waals surface area (Å²) in [6.45, 7) is 0. The second-order valence-electron chi connectivity index (χ2n) is 6.15. The van der Waals surface area contributed by atoms with Crippen LogP contribution in [0.2, 0.25) is 0 Å². The van der Waals surface area contributed by atoms with Gasteiger partial charge in [-0.3, -0.25) is 4.98 Å². The molecule has 1 heterocycles. The molecular weight excluding hydrogens is 288 g/mol. The van der Waals surface area contributed by atoms with E-state index in [1.54, 1.807) is 20.2 Å². The van der Waals surface area contributed by atoms with Gasteiger partial charge in [-0.25, -0.2) is 4.79 Å². The van der Waals surface area contributed by atoms with Crippen molar-refractivity contribution >= 4 is 6.09 Å². The molecule has 3 rings (SSSR count). The van der Waals surface area contributed by atoms with Crippen LogP contribution in [0.1, 0.15) is 30.5 Å². The molecule has 0 aliphatic heterocycles. The van der Waals surface area contributed by atoms with E-state index in [0.29, 0.717) is 5.75 Å². The van der Waals surface area contributed by atoms with Gasteiger partial charge >= 0.3 is 6.09 Å². The van der Waals surface area contributed by atoms with Crippen LogP contribution in [0.4, 0.5) is 4.79 Å². The minimum atomic E-state index is -0.378. The second-order valence-corrected chi connectivity index (χ2v) is 6.15. The molecule has 120 valence electrons. The van der Waals surface area contributed by atoms with E-state index in [-0.39, 0.29) is 6.09 Å². The van der Waals surface area contributed by atoms with Gasteiger partial charge in [-0.2, -0.15) is 0 Å². The molecule has 0 unspecified atom stereocenters. The zero-order chi connectivity index (χ0) is 16.2. The molecule has 1 aliphatic carbocycles. The molecule has 1 amide bonds. The highest BCUT2D eigenvalue weighted by molar-refractivity contribution is 5.71. The number of nitrogens with zero attached hydrogens (tertiary/aromatic N) is 2. The van der Waals surface area contributed by atoms with Crippen molar-refractivity contribution in [3.05, 3.63) is 47.7 Å². The van der Waals surface area contributed by atoms with Crippen molar-refractivity contribution in [3.63, 3.8) is 0 Å². The quantitative estimate of drug-likeness (QED) is 0.785. The fourth-order valence-electron chi connectivity index (χ4n) is 2.83. The van der Waals surface area contributed by atoms with Crippen LogP contribution in [0.3, 0.4) is 0 Å². The van der Waals surface area contributed by atoms with Gasteiger partial charge in [-0.1, -0.05) is 24.6 Å². The van der Waals surface area contributed by atoms with Crippen LogP contribution >= 0.6 is 0 Å². The third-order valence-electron chi connectivity index (χ3n) is 4.13. The van der Waals surface area contributed by atoms with Crippen molar-refractivity contribution in [3.8, 4) is 17.0 Å².